The summed E-state index contributed by atoms with van der Waals surface area (Å²) in [6, 6.07) is 8.20. The summed E-state index contributed by atoms with van der Waals surface area (Å²) in [4.78, 5) is 12.6. The molecule has 0 radical (unpaired) electrons. The molecule has 1 aliphatic rings. The fourth-order valence-corrected chi connectivity index (χ4v) is 2.79. The fourth-order valence-electron chi connectivity index (χ4n) is 2.53. The maximum atomic E-state index is 12.6. The van der Waals surface area contributed by atoms with Crippen LogP contribution in [0.25, 0.3) is 0 Å². The summed E-state index contributed by atoms with van der Waals surface area (Å²) in [6.45, 7) is 8.07. The van der Waals surface area contributed by atoms with Gasteiger partial charge in [0.1, 0.15) is 0 Å². The average molecular weight is 339 g/mol. The van der Waals surface area contributed by atoms with Crippen LogP contribution in [-0.2, 0) is 10.2 Å². The number of nitrogens with one attached hydrogen (secondary N) is 2. The molecule has 2 atom stereocenters. The van der Waals surface area contributed by atoms with Crippen LogP contribution < -0.4 is 10.6 Å². The van der Waals surface area contributed by atoms with Crippen molar-refractivity contribution in [3.8, 4) is 0 Å². The summed E-state index contributed by atoms with van der Waals surface area (Å²) in [5.74, 6) is 0.626. The van der Waals surface area contributed by atoms with Gasteiger partial charge in [-0.3, -0.25) is 4.79 Å². The number of hydrogen-bond acceptors (Lipinski definition) is 2. The molecule has 2 N–H and O–H groups in total. The Bertz CT molecular complexity index is 470. The number of carbonyl (C=O) groups is 1. The largest absolute Gasteiger partial charge is 0.351 e. The Morgan fingerprint density at radius 2 is 2.00 bits per heavy atom. The molecule has 0 spiro atoms. The highest BCUT2D eigenvalue weighted by atomic mass is 79.9. The van der Waals surface area contributed by atoms with Gasteiger partial charge in [0, 0.05) is 17.1 Å². The van der Waals surface area contributed by atoms with Crippen molar-refractivity contribution in [2.75, 3.05) is 13.1 Å². The van der Waals surface area contributed by atoms with Crippen molar-refractivity contribution in [1.29, 1.82) is 0 Å². The van der Waals surface area contributed by atoms with Gasteiger partial charge in [-0.1, -0.05) is 35.0 Å². The first-order valence-electron chi connectivity index (χ1n) is 7.19. The van der Waals surface area contributed by atoms with Gasteiger partial charge >= 0.3 is 0 Å². The van der Waals surface area contributed by atoms with Crippen LogP contribution in [0.5, 0.6) is 0 Å². The second kappa shape index (κ2) is 6.27. The zero-order valence-electron chi connectivity index (χ0n) is 12.4. The molecular formula is C16H23BrN2O. The van der Waals surface area contributed by atoms with E-state index < -0.39 is 5.41 Å². The minimum Gasteiger partial charge on any atom is -0.351 e. The second-order valence-electron chi connectivity index (χ2n) is 6.18. The molecule has 0 saturated carbocycles. The van der Waals surface area contributed by atoms with Gasteiger partial charge in [-0.2, -0.15) is 0 Å². The van der Waals surface area contributed by atoms with Gasteiger partial charge < -0.3 is 10.6 Å². The molecule has 3 nitrogen and oxygen atoms in total. The molecule has 110 valence electrons. The van der Waals surface area contributed by atoms with E-state index in [9.17, 15) is 4.79 Å². The Morgan fingerprint density at radius 3 is 2.60 bits per heavy atom. The smallest absolute Gasteiger partial charge is 0.230 e. The first-order chi connectivity index (χ1) is 9.41. The Morgan fingerprint density at radius 1 is 1.35 bits per heavy atom. The third-order valence-electron chi connectivity index (χ3n) is 4.28. The summed E-state index contributed by atoms with van der Waals surface area (Å²) in [5, 5.41) is 6.56. The van der Waals surface area contributed by atoms with Crippen LogP contribution in [0.3, 0.4) is 0 Å². The molecule has 2 rings (SSSR count). The molecular weight excluding hydrogens is 316 g/mol. The fraction of sp³-hybridized carbons (Fsp3) is 0.562. The lowest BCUT2D eigenvalue weighted by Gasteiger charge is -2.33. The first-order valence-corrected chi connectivity index (χ1v) is 7.98. The summed E-state index contributed by atoms with van der Waals surface area (Å²) in [6.07, 6.45) is 1.11. The molecule has 1 fully saturated rings. The lowest BCUT2D eigenvalue weighted by molar-refractivity contribution is -0.126. The van der Waals surface area contributed by atoms with Crippen molar-refractivity contribution in [1.82, 2.24) is 10.6 Å². The quantitative estimate of drug-likeness (QED) is 0.889. The SMILES string of the molecule is CC1CCNCC1NC(=O)C(C)(C)c1ccc(Br)cc1. The van der Waals surface area contributed by atoms with Gasteiger partial charge in [-0.15, -0.1) is 0 Å². The van der Waals surface area contributed by atoms with E-state index in [1.807, 2.05) is 38.1 Å². The summed E-state index contributed by atoms with van der Waals surface area (Å²) in [5.41, 5.74) is 0.521. The average Bonchev–Trinajstić information content (AvgIpc) is 2.41. The van der Waals surface area contributed by atoms with Crippen LogP contribution in [0.4, 0.5) is 0 Å². The number of amides is 1. The molecule has 0 aliphatic carbocycles. The van der Waals surface area contributed by atoms with Crippen molar-refractivity contribution < 1.29 is 4.79 Å². The molecule has 0 aromatic heterocycles. The number of hydrogen-bond donors (Lipinski definition) is 2. The topological polar surface area (TPSA) is 41.1 Å². The zero-order valence-corrected chi connectivity index (χ0v) is 14.0. The number of halogens is 1. The van der Waals surface area contributed by atoms with E-state index in [4.69, 9.17) is 0 Å². The monoisotopic (exact) mass is 338 g/mol. The van der Waals surface area contributed by atoms with Crippen LogP contribution in [0.15, 0.2) is 28.7 Å². The molecule has 1 aromatic rings. The van der Waals surface area contributed by atoms with Gasteiger partial charge in [0.25, 0.3) is 0 Å². The standard InChI is InChI=1S/C16H23BrN2O/c1-11-8-9-18-10-14(11)19-15(20)16(2,3)12-4-6-13(17)7-5-12/h4-7,11,14,18H,8-10H2,1-3H3,(H,19,20). The van der Waals surface area contributed by atoms with Crippen molar-refractivity contribution in [3.63, 3.8) is 0 Å². The lowest BCUT2D eigenvalue weighted by atomic mass is 9.83. The molecule has 20 heavy (non-hydrogen) atoms. The maximum Gasteiger partial charge on any atom is 0.230 e. The van der Waals surface area contributed by atoms with Crippen LogP contribution in [0.2, 0.25) is 0 Å². The highest BCUT2D eigenvalue weighted by Crippen LogP contribution is 2.25. The molecule has 2 unspecified atom stereocenters. The molecule has 4 heteroatoms. The van der Waals surface area contributed by atoms with E-state index in [0.717, 1.165) is 29.5 Å². The number of rotatable bonds is 3. The van der Waals surface area contributed by atoms with Gasteiger partial charge in [0.15, 0.2) is 0 Å². The Labute approximate surface area is 129 Å². The molecule has 1 saturated heterocycles. The summed E-state index contributed by atoms with van der Waals surface area (Å²) in [7, 11) is 0. The predicted molar refractivity (Wildman–Crippen MR) is 85.7 cm³/mol. The Balaban J connectivity index is 2.08. The van der Waals surface area contributed by atoms with E-state index in [-0.39, 0.29) is 11.9 Å². The Kier molecular flexibility index (Phi) is 4.86. The third-order valence-corrected chi connectivity index (χ3v) is 4.81. The Hall–Kier alpha value is -0.870. The highest BCUT2D eigenvalue weighted by Gasteiger charge is 2.33. The number of piperidine rings is 1. The van der Waals surface area contributed by atoms with Crippen LogP contribution >= 0.6 is 15.9 Å². The van der Waals surface area contributed by atoms with E-state index in [0.29, 0.717) is 5.92 Å². The highest BCUT2D eigenvalue weighted by molar-refractivity contribution is 9.10. The van der Waals surface area contributed by atoms with Gasteiger partial charge in [-0.05, 0) is 50.4 Å². The zero-order chi connectivity index (χ0) is 14.8. The molecule has 0 bridgehead atoms. The minimum absolute atomic E-state index is 0.0976. The summed E-state index contributed by atoms with van der Waals surface area (Å²) >= 11 is 3.43. The van der Waals surface area contributed by atoms with E-state index in [1.54, 1.807) is 0 Å². The first kappa shape index (κ1) is 15.5. The van der Waals surface area contributed by atoms with E-state index in [1.165, 1.54) is 0 Å². The lowest BCUT2D eigenvalue weighted by Crippen LogP contribution is -2.54. The van der Waals surface area contributed by atoms with Gasteiger partial charge in [0.2, 0.25) is 5.91 Å². The number of carbonyl (C=O) groups excluding carboxylic acids is 1. The molecule has 1 heterocycles. The summed E-state index contributed by atoms with van der Waals surface area (Å²) < 4.78 is 1.03. The van der Waals surface area contributed by atoms with Crippen molar-refractivity contribution in [2.45, 2.75) is 38.6 Å². The normalized spacial score (nSPS) is 23.4. The minimum atomic E-state index is -0.516. The maximum absolute atomic E-state index is 12.6. The molecule has 1 aliphatic heterocycles. The van der Waals surface area contributed by atoms with Crippen molar-refractivity contribution in [2.24, 2.45) is 5.92 Å². The van der Waals surface area contributed by atoms with Crippen LogP contribution in [-0.4, -0.2) is 25.0 Å². The van der Waals surface area contributed by atoms with Gasteiger partial charge in [-0.25, -0.2) is 0 Å². The third kappa shape index (κ3) is 3.41. The second-order valence-corrected chi connectivity index (χ2v) is 7.10. The molecule has 1 aromatic carbocycles. The van der Waals surface area contributed by atoms with Gasteiger partial charge in [0.05, 0.1) is 5.41 Å². The van der Waals surface area contributed by atoms with Crippen molar-refractivity contribution >= 4 is 21.8 Å². The van der Waals surface area contributed by atoms with Crippen LogP contribution in [0, 0.1) is 5.92 Å². The van der Waals surface area contributed by atoms with E-state index in [2.05, 4.69) is 33.5 Å². The van der Waals surface area contributed by atoms with Crippen LogP contribution in [0.1, 0.15) is 32.8 Å². The van der Waals surface area contributed by atoms with E-state index >= 15 is 0 Å². The molecule has 1 amide bonds. The van der Waals surface area contributed by atoms with Crippen molar-refractivity contribution in [3.05, 3.63) is 34.3 Å². The number of benzene rings is 1. The predicted octanol–water partition coefficient (Wildman–Crippen LogP) is 2.84.